The Balaban J connectivity index is 2.04. The lowest BCUT2D eigenvalue weighted by molar-refractivity contribution is 0.587. The number of allylic oxidation sites excluding steroid dienone is 2. The minimum absolute atomic E-state index is 0.672. The number of rotatable bonds is 6. The normalized spacial score (nSPS) is 12.8. The van der Waals surface area contributed by atoms with E-state index in [1.54, 1.807) is 0 Å². The molecule has 0 saturated heterocycles. The van der Waals surface area contributed by atoms with Crippen molar-refractivity contribution < 1.29 is 9.13 Å². The molecule has 0 fully saturated rings. The summed E-state index contributed by atoms with van der Waals surface area (Å²) in [7, 11) is -6.40. The van der Waals surface area contributed by atoms with E-state index in [1.807, 2.05) is 135 Å². The first-order valence-electron chi connectivity index (χ1n) is 10.6. The van der Waals surface area contributed by atoms with Crippen LogP contribution in [0.25, 0.3) is 0 Å². The molecule has 32 heavy (non-hydrogen) atoms. The van der Waals surface area contributed by atoms with E-state index in [-0.39, 0.29) is 0 Å². The number of hydrogen-bond acceptors (Lipinski definition) is 2. The summed E-state index contributed by atoms with van der Waals surface area (Å²) in [4.78, 5) is 0. The second kappa shape index (κ2) is 9.29. The average molecular weight is 456 g/mol. The Morgan fingerprint density at radius 2 is 0.594 bits per heavy atom. The molecule has 0 heterocycles. The summed E-state index contributed by atoms with van der Waals surface area (Å²) in [6, 6.07) is 38.1. The lowest BCUT2D eigenvalue weighted by Gasteiger charge is -2.27. The van der Waals surface area contributed by atoms with Crippen molar-refractivity contribution in [2.24, 2.45) is 0 Å². The van der Waals surface area contributed by atoms with Crippen molar-refractivity contribution in [3.63, 3.8) is 0 Å². The molecule has 4 aromatic carbocycles. The summed E-state index contributed by atoms with van der Waals surface area (Å²) in [6.07, 6.45) is 0. The van der Waals surface area contributed by atoms with Crippen molar-refractivity contribution in [2.75, 3.05) is 0 Å². The molecule has 0 spiro atoms. The topological polar surface area (TPSA) is 34.1 Å². The quantitative estimate of drug-likeness (QED) is 0.321. The molecule has 0 saturated carbocycles. The van der Waals surface area contributed by atoms with Gasteiger partial charge in [-0.3, -0.25) is 0 Å². The fraction of sp³-hybridized carbons (Fsp3) is 0.0714. The largest absolute Gasteiger partial charge is 0.309 e. The third-order valence-corrected chi connectivity index (χ3v) is 12.8. The van der Waals surface area contributed by atoms with Gasteiger partial charge >= 0.3 is 0 Å². The van der Waals surface area contributed by atoms with Gasteiger partial charge in [-0.15, -0.1) is 0 Å². The molecular formula is C28H26O2P2. The fourth-order valence-electron chi connectivity index (χ4n) is 4.08. The Labute approximate surface area is 190 Å². The van der Waals surface area contributed by atoms with Gasteiger partial charge < -0.3 is 9.13 Å². The molecule has 0 aliphatic heterocycles. The van der Waals surface area contributed by atoms with Crippen LogP contribution in [0.4, 0.5) is 0 Å². The molecule has 0 amide bonds. The maximum Gasteiger partial charge on any atom is 0.167 e. The summed E-state index contributed by atoms with van der Waals surface area (Å²) in [5, 5.41) is 4.33. The van der Waals surface area contributed by atoms with Crippen LogP contribution in [0.2, 0.25) is 0 Å². The van der Waals surface area contributed by atoms with Gasteiger partial charge in [-0.25, -0.2) is 0 Å². The van der Waals surface area contributed by atoms with Crippen molar-refractivity contribution >= 4 is 35.5 Å². The molecule has 0 aliphatic rings. The monoisotopic (exact) mass is 456 g/mol. The molecule has 2 nitrogen and oxygen atoms in total. The van der Waals surface area contributed by atoms with Gasteiger partial charge in [0.1, 0.15) is 0 Å². The Morgan fingerprint density at radius 1 is 0.406 bits per heavy atom. The predicted octanol–water partition coefficient (Wildman–Crippen LogP) is 6.27. The van der Waals surface area contributed by atoms with E-state index in [9.17, 15) is 9.13 Å². The van der Waals surface area contributed by atoms with Crippen molar-refractivity contribution in [3.8, 4) is 0 Å². The first-order chi connectivity index (χ1) is 15.5. The predicted molar refractivity (Wildman–Crippen MR) is 138 cm³/mol. The van der Waals surface area contributed by atoms with Gasteiger partial charge in [-0.05, 0) is 13.8 Å². The molecule has 160 valence electrons. The van der Waals surface area contributed by atoms with Gasteiger partial charge in [0.15, 0.2) is 14.3 Å². The minimum Gasteiger partial charge on any atom is -0.309 e. The highest BCUT2D eigenvalue weighted by Gasteiger charge is 2.37. The van der Waals surface area contributed by atoms with E-state index in [4.69, 9.17) is 0 Å². The molecule has 0 aliphatic carbocycles. The molecule has 0 atom stereocenters. The van der Waals surface area contributed by atoms with E-state index in [0.29, 0.717) is 10.6 Å². The Bertz CT molecular complexity index is 1120. The van der Waals surface area contributed by atoms with Crippen LogP contribution in [0, 0.1) is 0 Å². The van der Waals surface area contributed by atoms with Gasteiger partial charge in [0.05, 0.1) is 0 Å². The third kappa shape index (κ3) is 3.86. The molecule has 4 aromatic rings. The fourth-order valence-corrected chi connectivity index (χ4v) is 10.3. The first kappa shape index (κ1) is 22.3. The molecule has 4 heteroatoms. The van der Waals surface area contributed by atoms with Crippen LogP contribution >= 0.6 is 14.3 Å². The summed E-state index contributed by atoms with van der Waals surface area (Å²) in [6.45, 7) is 3.77. The molecule has 0 N–H and O–H groups in total. The highest BCUT2D eigenvalue weighted by atomic mass is 31.2. The molecular weight excluding hydrogens is 430 g/mol. The highest BCUT2D eigenvalue weighted by Crippen LogP contribution is 2.61. The van der Waals surface area contributed by atoms with Crippen molar-refractivity contribution in [1.29, 1.82) is 0 Å². The van der Waals surface area contributed by atoms with Crippen LogP contribution in [0.1, 0.15) is 13.8 Å². The minimum atomic E-state index is -3.20. The van der Waals surface area contributed by atoms with Crippen LogP contribution in [-0.4, -0.2) is 0 Å². The third-order valence-electron chi connectivity index (χ3n) is 5.95. The van der Waals surface area contributed by atoms with Gasteiger partial charge in [0, 0.05) is 31.8 Å². The Kier molecular flexibility index (Phi) is 6.47. The summed E-state index contributed by atoms with van der Waals surface area (Å²) < 4.78 is 29.8. The van der Waals surface area contributed by atoms with Gasteiger partial charge in [-0.1, -0.05) is 121 Å². The van der Waals surface area contributed by atoms with Gasteiger partial charge in [-0.2, -0.15) is 0 Å². The summed E-state index contributed by atoms with van der Waals surface area (Å²) in [5.41, 5.74) is 0. The second-order valence-electron chi connectivity index (χ2n) is 7.73. The van der Waals surface area contributed by atoms with E-state index in [0.717, 1.165) is 21.2 Å². The molecule has 0 bridgehead atoms. The molecule has 0 aromatic heterocycles. The Hall–Kier alpha value is -2.92. The van der Waals surface area contributed by atoms with Crippen LogP contribution in [-0.2, 0) is 9.13 Å². The highest BCUT2D eigenvalue weighted by molar-refractivity contribution is 7.86. The van der Waals surface area contributed by atoms with E-state index in [1.165, 1.54) is 0 Å². The zero-order chi connectivity index (χ0) is 22.6. The SMILES string of the molecule is C/C(=C(/C)P(=O)(c1ccccc1)c1ccccc1)P(=O)(c1ccccc1)c1ccccc1. The molecule has 0 unspecified atom stereocenters. The summed E-state index contributed by atoms with van der Waals surface area (Å²) in [5.74, 6) is 0. The number of benzene rings is 4. The van der Waals surface area contributed by atoms with Crippen LogP contribution in [0.15, 0.2) is 132 Å². The zero-order valence-corrected chi connectivity index (χ0v) is 20.0. The molecule has 0 radical (unpaired) electrons. The van der Waals surface area contributed by atoms with Crippen LogP contribution in [0.3, 0.4) is 0 Å². The van der Waals surface area contributed by atoms with E-state index >= 15 is 0 Å². The van der Waals surface area contributed by atoms with Crippen molar-refractivity contribution in [1.82, 2.24) is 0 Å². The first-order valence-corrected chi connectivity index (χ1v) is 14.0. The average Bonchev–Trinajstić information content (AvgIpc) is 2.89. The Morgan fingerprint density at radius 3 is 0.781 bits per heavy atom. The van der Waals surface area contributed by atoms with Crippen LogP contribution < -0.4 is 21.2 Å². The summed E-state index contributed by atoms with van der Waals surface area (Å²) >= 11 is 0. The standard InChI is InChI=1S/C28H26O2P2/c1-23(31(29,25-15-7-3-8-16-25)26-17-9-4-10-18-26)24(2)32(30,27-19-11-5-12-20-27)28-21-13-6-14-22-28/h3-22H,1-2H3/b24-23+. The maximum atomic E-state index is 14.9. The molecule has 4 rings (SSSR count). The maximum absolute atomic E-state index is 14.9. The second-order valence-corrected chi connectivity index (χ2v) is 13.6. The lowest BCUT2D eigenvalue weighted by Crippen LogP contribution is -2.20. The van der Waals surface area contributed by atoms with Gasteiger partial charge in [0.25, 0.3) is 0 Å². The number of hydrogen-bond donors (Lipinski definition) is 0. The van der Waals surface area contributed by atoms with Crippen molar-refractivity contribution in [2.45, 2.75) is 13.8 Å². The van der Waals surface area contributed by atoms with E-state index in [2.05, 4.69) is 0 Å². The van der Waals surface area contributed by atoms with Crippen molar-refractivity contribution in [3.05, 3.63) is 132 Å². The zero-order valence-electron chi connectivity index (χ0n) is 18.3. The van der Waals surface area contributed by atoms with Gasteiger partial charge in [0.2, 0.25) is 0 Å². The smallest absolute Gasteiger partial charge is 0.167 e. The lowest BCUT2D eigenvalue weighted by atomic mass is 10.4. The van der Waals surface area contributed by atoms with Crippen LogP contribution in [0.5, 0.6) is 0 Å². The van der Waals surface area contributed by atoms with E-state index < -0.39 is 14.3 Å².